The Kier molecular flexibility index (Phi) is 5.97. The Hall–Kier alpha value is -3.00. The van der Waals surface area contributed by atoms with E-state index in [9.17, 15) is 4.79 Å². The number of carbonyl (C=O) groups is 1. The van der Waals surface area contributed by atoms with Crippen LogP contribution < -0.4 is 16.0 Å². The molecule has 3 aromatic rings. The van der Waals surface area contributed by atoms with Crippen molar-refractivity contribution in [2.24, 2.45) is 0 Å². The number of nitrogens with one attached hydrogen (secondary N) is 1. The van der Waals surface area contributed by atoms with Crippen LogP contribution in [0.5, 0.6) is 0 Å². The fourth-order valence-electron chi connectivity index (χ4n) is 2.46. The van der Waals surface area contributed by atoms with Crippen LogP contribution in [0.15, 0.2) is 59.8 Å². The Labute approximate surface area is 162 Å². The van der Waals surface area contributed by atoms with Gasteiger partial charge in [0.1, 0.15) is 6.54 Å². The third kappa shape index (κ3) is 5.01. The van der Waals surface area contributed by atoms with Crippen molar-refractivity contribution in [3.05, 3.63) is 60.2 Å². The standard InChI is InChI=1S/C19H22N6OS/c1-24(2)16-10-8-15(9-11-16)21-17(26)12-25-18(20)22-23-19(25)27-13-14-6-4-3-5-7-14/h3-11H,12-13H2,1-2H3,(H2,20,22)(H,21,26). The number of aromatic nitrogens is 3. The monoisotopic (exact) mass is 382 g/mol. The summed E-state index contributed by atoms with van der Waals surface area (Å²) in [5.74, 6) is 0.774. The van der Waals surface area contributed by atoms with Gasteiger partial charge in [-0.05, 0) is 29.8 Å². The zero-order valence-corrected chi connectivity index (χ0v) is 16.1. The molecule has 0 unspecified atom stereocenters. The lowest BCUT2D eigenvalue weighted by atomic mass is 10.2. The minimum Gasteiger partial charge on any atom is -0.378 e. The zero-order valence-electron chi connectivity index (χ0n) is 15.3. The van der Waals surface area contributed by atoms with Gasteiger partial charge in [0.05, 0.1) is 0 Å². The summed E-state index contributed by atoms with van der Waals surface area (Å²) in [4.78, 5) is 14.4. The minimum atomic E-state index is -0.180. The summed E-state index contributed by atoms with van der Waals surface area (Å²) in [7, 11) is 3.94. The molecule has 0 saturated carbocycles. The van der Waals surface area contributed by atoms with Crippen LogP contribution in [-0.4, -0.2) is 34.8 Å². The van der Waals surface area contributed by atoms with E-state index in [1.165, 1.54) is 17.3 Å². The second kappa shape index (κ2) is 8.59. The lowest BCUT2D eigenvalue weighted by Crippen LogP contribution is -2.20. The molecular formula is C19H22N6OS. The normalized spacial score (nSPS) is 10.6. The van der Waals surface area contributed by atoms with Gasteiger partial charge in [0.2, 0.25) is 11.9 Å². The van der Waals surface area contributed by atoms with Gasteiger partial charge in [0, 0.05) is 31.2 Å². The van der Waals surface area contributed by atoms with Crippen LogP contribution in [0.2, 0.25) is 0 Å². The van der Waals surface area contributed by atoms with Crippen molar-refractivity contribution in [3.8, 4) is 0 Å². The number of anilines is 3. The van der Waals surface area contributed by atoms with Gasteiger partial charge in [-0.25, -0.2) is 0 Å². The Morgan fingerprint density at radius 3 is 2.48 bits per heavy atom. The topological polar surface area (TPSA) is 89.1 Å². The fourth-order valence-corrected chi connectivity index (χ4v) is 3.37. The highest BCUT2D eigenvalue weighted by atomic mass is 32.2. The minimum absolute atomic E-state index is 0.0609. The molecule has 0 atom stereocenters. The summed E-state index contributed by atoms with van der Waals surface area (Å²) in [6.45, 7) is 0.0609. The molecule has 7 nitrogen and oxygen atoms in total. The van der Waals surface area contributed by atoms with Crippen molar-refractivity contribution in [2.45, 2.75) is 17.5 Å². The van der Waals surface area contributed by atoms with Gasteiger partial charge in [0.25, 0.3) is 0 Å². The SMILES string of the molecule is CN(C)c1ccc(NC(=O)Cn2c(N)nnc2SCc2ccccc2)cc1. The van der Waals surface area contributed by atoms with Gasteiger partial charge >= 0.3 is 0 Å². The number of nitrogen functional groups attached to an aromatic ring is 1. The molecule has 1 heterocycles. The maximum absolute atomic E-state index is 12.4. The highest BCUT2D eigenvalue weighted by molar-refractivity contribution is 7.98. The number of rotatable bonds is 7. The lowest BCUT2D eigenvalue weighted by Gasteiger charge is -2.13. The van der Waals surface area contributed by atoms with Gasteiger partial charge in [-0.3, -0.25) is 9.36 Å². The first kappa shape index (κ1) is 18.8. The summed E-state index contributed by atoms with van der Waals surface area (Å²) < 4.78 is 1.62. The zero-order chi connectivity index (χ0) is 19.2. The predicted molar refractivity (Wildman–Crippen MR) is 110 cm³/mol. The third-order valence-corrected chi connectivity index (χ3v) is 4.96. The molecule has 0 aliphatic carbocycles. The molecule has 8 heteroatoms. The Bertz CT molecular complexity index is 892. The van der Waals surface area contributed by atoms with Crippen LogP contribution in [0.3, 0.4) is 0 Å². The molecule has 27 heavy (non-hydrogen) atoms. The van der Waals surface area contributed by atoms with Crippen molar-refractivity contribution < 1.29 is 4.79 Å². The van der Waals surface area contributed by atoms with Crippen LogP contribution in [0.1, 0.15) is 5.56 Å². The van der Waals surface area contributed by atoms with Crippen LogP contribution in [0.25, 0.3) is 0 Å². The summed E-state index contributed by atoms with van der Waals surface area (Å²) in [5, 5.41) is 11.5. The number of hydrogen-bond acceptors (Lipinski definition) is 6. The van der Waals surface area contributed by atoms with Gasteiger partial charge in [-0.2, -0.15) is 0 Å². The van der Waals surface area contributed by atoms with E-state index in [1.807, 2.05) is 73.6 Å². The Morgan fingerprint density at radius 1 is 1.11 bits per heavy atom. The largest absolute Gasteiger partial charge is 0.378 e. The van der Waals surface area contributed by atoms with E-state index in [0.717, 1.165) is 17.1 Å². The first-order valence-electron chi connectivity index (χ1n) is 8.45. The first-order valence-corrected chi connectivity index (χ1v) is 9.44. The lowest BCUT2D eigenvalue weighted by molar-refractivity contribution is -0.116. The van der Waals surface area contributed by atoms with E-state index in [4.69, 9.17) is 5.73 Å². The second-order valence-corrected chi connectivity index (χ2v) is 7.13. The number of nitrogens with two attached hydrogens (primary N) is 1. The number of benzene rings is 2. The number of hydrogen-bond donors (Lipinski definition) is 2. The molecule has 0 aliphatic rings. The van der Waals surface area contributed by atoms with Crippen LogP contribution in [0, 0.1) is 0 Å². The molecule has 1 amide bonds. The van der Waals surface area contributed by atoms with Gasteiger partial charge in [-0.15, -0.1) is 10.2 Å². The average molecular weight is 382 g/mol. The molecule has 1 aromatic heterocycles. The molecular weight excluding hydrogens is 360 g/mol. The summed E-state index contributed by atoms with van der Waals surface area (Å²) in [6, 6.07) is 17.7. The molecule has 3 rings (SSSR count). The quantitative estimate of drug-likeness (QED) is 0.611. The highest BCUT2D eigenvalue weighted by Crippen LogP contribution is 2.23. The van der Waals surface area contributed by atoms with Crippen LogP contribution >= 0.6 is 11.8 Å². The maximum atomic E-state index is 12.4. The van der Waals surface area contributed by atoms with Crippen LogP contribution in [-0.2, 0) is 17.1 Å². The number of amides is 1. The molecule has 140 valence electrons. The second-order valence-electron chi connectivity index (χ2n) is 6.19. The van der Waals surface area contributed by atoms with E-state index >= 15 is 0 Å². The van der Waals surface area contributed by atoms with E-state index in [-0.39, 0.29) is 18.4 Å². The van der Waals surface area contributed by atoms with Crippen molar-refractivity contribution in [1.82, 2.24) is 14.8 Å². The van der Waals surface area contributed by atoms with Crippen LogP contribution in [0.4, 0.5) is 17.3 Å². The molecule has 0 radical (unpaired) electrons. The maximum Gasteiger partial charge on any atom is 0.244 e. The molecule has 0 fully saturated rings. The van der Waals surface area contributed by atoms with Gasteiger partial charge < -0.3 is 16.0 Å². The number of thioether (sulfide) groups is 1. The van der Waals surface area contributed by atoms with Gasteiger partial charge in [0.15, 0.2) is 5.16 Å². The molecule has 3 N–H and O–H groups in total. The smallest absolute Gasteiger partial charge is 0.244 e. The molecule has 0 aliphatic heterocycles. The van der Waals surface area contributed by atoms with Gasteiger partial charge in [-0.1, -0.05) is 42.1 Å². The van der Waals surface area contributed by atoms with E-state index < -0.39 is 0 Å². The van der Waals surface area contributed by atoms with Crippen molar-refractivity contribution >= 4 is 35.0 Å². The summed E-state index contributed by atoms with van der Waals surface area (Å²) >= 11 is 1.50. The Balaban J connectivity index is 1.62. The number of carbonyl (C=O) groups excluding carboxylic acids is 1. The number of nitrogens with zero attached hydrogens (tertiary/aromatic N) is 4. The molecule has 0 spiro atoms. The van der Waals surface area contributed by atoms with Crippen molar-refractivity contribution in [2.75, 3.05) is 30.0 Å². The summed E-state index contributed by atoms with van der Waals surface area (Å²) in [6.07, 6.45) is 0. The van der Waals surface area contributed by atoms with Crippen molar-refractivity contribution in [3.63, 3.8) is 0 Å². The average Bonchev–Trinajstić information content (AvgIpc) is 3.01. The van der Waals surface area contributed by atoms with E-state index in [1.54, 1.807) is 4.57 Å². The fraction of sp³-hybridized carbons (Fsp3) is 0.211. The Morgan fingerprint density at radius 2 is 1.81 bits per heavy atom. The van der Waals surface area contributed by atoms with E-state index in [0.29, 0.717) is 5.16 Å². The predicted octanol–water partition coefficient (Wildman–Crippen LogP) is 2.86. The van der Waals surface area contributed by atoms with Crippen molar-refractivity contribution in [1.29, 1.82) is 0 Å². The molecule has 0 bridgehead atoms. The summed E-state index contributed by atoms with van der Waals surface area (Å²) in [5.41, 5.74) is 8.86. The third-order valence-electron chi connectivity index (χ3n) is 3.93. The first-order chi connectivity index (χ1) is 13.0. The van der Waals surface area contributed by atoms with E-state index in [2.05, 4.69) is 15.5 Å². The molecule has 0 saturated heterocycles. The highest BCUT2D eigenvalue weighted by Gasteiger charge is 2.14. The molecule has 2 aromatic carbocycles.